The fraction of sp³-hybridized carbons (Fsp3) is 0.200. The van der Waals surface area contributed by atoms with Gasteiger partial charge in [0.2, 0.25) is 0 Å². The first-order valence-corrected chi connectivity index (χ1v) is 10.7. The van der Waals surface area contributed by atoms with Crippen molar-refractivity contribution in [2.75, 3.05) is 7.05 Å². The van der Waals surface area contributed by atoms with E-state index in [-0.39, 0.29) is 11.8 Å². The van der Waals surface area contributed by atoms with E-state index >= 15 is 0 Å². The molecule has 0 spiro atoms. The van der Waals surface area contributed by atoms with Crippen LogP contribution >= 0.6 is 0 Å². The first-order valence-electron chi connectivity index (χ1n) is 10.7. The zero-order chi connectivity index (χ0) is 22.2. The van der Waals surface area contributed by atoms with Crippen molar-refractivity contribution in [2.24, 2.45) is 0 Å². The maximum atomic E-state index is 14.2. The van der Waals surface area contributed by atoms with E-state index in [9.17, 15) is 9.18 Å². The number of benzene rings is 2. The van der Waals surface area contributed by atoms with Gasteiger partial charge in [0.1, 0.15) is 11.6 Å². The summed E-state index contributed by atoms with van der Waals surface area (Å²) in [6.07, 6.45) is 2.71. The lowest BCUT2D eigenvalue weighted by Gasteiger charge is -2.30. The summed E-state index contributed by atoms with van der Waals surface area (Å²) < 4.78 is 18.2. The molecule has 2 amide bonds. The van der Waals surface area contributed by atoms with E-state index < -0.39 is 6.04 Å². The van der Waals surface area contributed by atoms with Crippen molar-refractivity contribution in [2.45, 2.75) is 25.9 Å². The number of fused-ring (bicyclic) bond motifs is 3. The molecule has 5 rings (SSSR count). The summed E-state index contributed by atoms with van der Waals surface area (Å²) in [5, 5.41) is 7.67. The van der Waals surface area contributed by atoms with Crippen molar-refractivity contribution in [1.82, 2.24) is 24.6 Å². The van der Waals surface area contributed by atoms with E-state index in [0.717, 1.165) is 40.4 Å². The van der Waals surface area contributed by atoms with Crippen LogP contribution < -0.4 is 5.32 Å². The van der Waals surface area contributed by atoms with E-state index in [1.807, 2.05) is 59.4 Å². The number of nitrogens with zero attached hydrogens (tertiary/aromatic N) is 4. The van der Waals surface area contributed by atoms with Gasteiger partial charge < -0.3 is 14.8 Å². The molecule has 7 heteroatoms. The van der Waals surface area contributed by atoms with Crippen LogP contribution in [-0.4, -0.2) is 32.3 Å². The number of carbonyl (C=O) groups is 1. The van der Waals surface area contributed by atoms with Gasteiger partial charge in [0.05, 0.1) is 29.7 Å². The second-order valence-corrected chi connectivity index (χ2v) is 7.79. The zero-order valence-electron chi connectivity index (χ0n) is 18.0. The first kappa shape index (κ1) is 20.1. The van der Waals surface area contributed by atoms with Crippen molar-refractivity contribution in [1.29, 1.82) is 0 Å². The SMILES string of the molecule is CCc1nn(-c2ccccc2)c2c1CN(C(=O)NC)[C@H](c1cccc(F)c1)c1cccn1-2. The molecule has 1 N–H and O–H groups in total. The average Bonchev–Trinajstić information content (AvgIpc) is 3.40. The van der Waals surface area contributed by atoms with E-state index in [1.54, 1.807) is 18.0 Å². The van der Waals surface area contributed by atoms with Crippen LogP contribution in [0.15, 0.2) is 72.9 Å². The minimum absolute atomic E-state index is 0.227. The number of aromatic nitrogens is 3. The quantitative estimate of drug-likeness (QED) is 0.517. The van der Waals surface area contributed by atoms with Crippen molar-refractivity contribution < 1.29 is 9.18 Å². The van der Waals surface area contributed by atoms with Crippen molar-refractivity contribution in [3.05, 3.63) is 101 Å². The maximum absolute atomic E-state index is 14.2. The van der Waals surface area contributed by atoms with Crippen LogP contribution in [0.25, 0.3) is 11.5 Å². The highest BCUT2D eigenvalue weighted by Gasteiger charge is 2.36. The molecule has 3 heterocycles. The third kappa shape index (κ3) is 3.17. The number of carbonyl (C=O) groups excluding carboxylic acids is 1. The first-order chi connectivity index (χ1) is 15.6. The summed E-state index contributed by atoms with van der Waals surface area (Å²) in [7, 11) is 1.62. The second-order valence-electron chi connectivity index (χ2n) is 7.79. The van der Waals surface area contributed by atoms with Gasteiger partial charge >= 0.3 is 6.03 Å². The summed E-state index contributed by atoms with van der Waals surface area (Å²) in [5.41, 5.74) is 4.45. The van der Waals surface area contributed by atoms with Crippen molar-refractivity contribution >= 4 is 6.03 Å². The molecule has 0 saturated heterocycles. The highest BCUT2D eigenvalue weighted by atomic mass is 19.1. The van der Waals surface area contributed by atoms with E-state index in [1.165, 1.54) is 12.1 Å². The summed E-state index contributed by atoms with van der Waals surface area (Å²) in [5.74, 6) is 0.574. The molecule has 4 aromatic rings. The monoisotopic (exact) mass is 429 g/mol. The van der Waals surface area contributed by atoms with Gasteiger partial charge in [0.25, 0.3) is 0 Å². The van der Waals surface area contributed by atoms with Gasteiger partial charge in [-0.05, 0) is 48.4 Å². The molecule has 0 radical (unpaired) electrons. The Labute approximate surface area is 185 Å². The van der Waals surface area contributed by atoms with E-state index in [2.05, 4.69) is 16.8 Å². The Kier molecular flexibility index (Phi) is 5.01. The van der Waals surface area contributed by atoms with Crippen LogP contribution in [0.3, 0.4) is 0 Å². The number of para-hydroxylation sites is 1. The van der Waals surface area contributed by atoms with Crippen LogP contribution in [0.4, 0.5) is 9.18 Å². The van der Waals surface area contributed by atoms with Crippen LogP contribution in [-0.2, 0) is 13.0 Å². The molecular formula is C25H24FN5O. The lowest BCUT2D eigenvalue weighted by atomic mass is 10.0. The topological polar surface area (TPSA) is 55.1 Å². The maximum Gasteiger partial charge on any atom is 0.318 e. The van der Waals surface area contributed by atoms with Crippen LogP contribution in [0.1, 0.15) is 35.5 Å². The van der Waals surface area contributed by atoms with Gasteiger partial charge in [0.15, 0.2) is 0 Å². The van der Waals surface area contributed by atoms with Gasteiger partial charge in [0, 0.05) is 18.8 Å². The highest BCUT2D eigenvalue weighted by Crippen LogP contribution is 2.38. The Morgan fingerprint density at radius 2 is 1.94 bits per heavy atom. The van der Waals surface area contributed by atoms with Crippen LogP contribution in [0.2, 0.25) is 0 Å². The molecule has 6 nitrogen and oxygen atoms in total. The number of nitrogens with one attached hydrogen (secondary N) is 1. The lowest BCUT2D eigenvalue weighted by Crippen LogP contribution is -2.40. The van der Waals surface area contributed by atoms with Gasteiger partial charge in [-0.1, -0.05) is 37.3 Å². The molecule has 0 bridgehead atoms. The largest absolute Gasteiger partial charge is 0.341 e. The molecule has 162 valence electrons. The molecular weight excluding hydrogens is 405 g/mol. The Bertz CT molecular complexity index is 1280. The number of hydrogen-bond donors (Lipinski definition) is 1. The molecule has 32 heavy (non-hydrogen) atoms. The van der Waals surface area contributed by atoms with Gasteiger partial charge in [-0.3, -0.25) is 0 Å². The third-order valence-corrected chi connectivity index (χ3v) is 5.94. The summed E-state index contributed by atoms with van der Waals surface area (Å²) in [4.78, 5) is 14.8. The molecule has 0 aliphatic carbocycles. The molecule has 0 fully saturated rings. The number of halogens is 1. The molecule has 1 aliphatic rings. The molecule has 0 saturated carbocycles. The fourth-order valence-electron chi connectivity index (χ4n) is 4.52. The highest BCUT2D eigenvalue weighted by molar-refractivity contribution is 5.75. The Hall–Kier alpha value is -3.87. The minimum Gasteiger partial charge on any atom is -0.341 e. The summed E-state index contributed by atoms with van der Waals surface area (Å²) in [6, 6.07) is 19.7. The normalized spacial score (nSPS) is 15.1. The predicted octanol–water partition coefficient (Wildman–Crippen LogP) is 4.61. The van der Waals surface area contributed by atoms with Crippen molar-refractivity contribution in [3.8, 4) is 11.5 Å². The number of aryl methyl sites for hydroxylation is 1. The van der Waals surface area contributed by atoms with E-state index in [4.69, 9.17) is 5.10 Å². The Morgan fingerprint density at radius 1 is 1.12 bits per heavy atom. The number of rotatable bonds is 3. The van der Waals surface area contributed by atoms with Gasteiger partial charge in [-0.25, -0.2) is 13.9 Å². The molecule has 2 aromatic heterocycles. The number of hydrogen-bond acceptors (Lipinski definition) is 2. The molecule has 1 aliphatic heterocycles. The summed E-state index contributed by atoms with van der Waals surface area (Å²) >= 11 is 0. The van der Waals surface area contributed by atoms with E-state index in [0.29, 0.717) is 6.54 Å². The minimum atomic E-state index is -0.457. The van der Waals surface area contributed by atoms with Crippen LogP contribution in [0, 0.1) is 5.82 Å². The Balaban J connectivity index is 1.80. The Morgan fingerprint density at radius 3 is 2.66 bits per heavy atom. The third-order valence-electron chi connectivity index (χ3n) is 5.94. The van der Waals surface area contributed by atoms with Gasteiger partial charge in [-0.2, -0.15) is 5.10 Å². The molecule has 2 aromatic carbocycles. The average molecular weight is 429 g/mol. The fourth-order valence-corrected chi connectivity index (χ4v) is 4.52. The standard InChI is InChI=1S/C25H24FN5O/c1-3-21-20-16-30(25(32)27-2)23(17-9-7-10-18(26)15-17)22-13-8-14-29(22)24(20)31(28-21)19-11-5-4-6-12-19/h4-15,23H,3,16H2,1-2H3,(H,27,32)/t23-/m1/s1. The molecule has 1 atom stereocenters. The predicted molar refractivity (Wildman–Crippen MR) is 121 cm³/mol. The van der Waals surface area contributed by atoms with Crippen LogP contribution in [0.5, 0.6) is 0 Å². The number of urea groups is 1. The lowest BCUT2D eigenvalue weighted by molar-refractivity contribution is 0.182. The van der Waals surface area contributed by atoms with Gasteiger partial charge in [-0.15, -0.1) is 0 Å². The number of amides is 2. The zero-order valence-corrected chi connectivity index (χ0v) is 18.0. The molecule has 0 unspecified atom stereocenters. The van der Waals surface area contributed by atoms with Crippen molar-refractivity contribution in [3.63, 3.8) is 0 Å². The smallest absolute Gasteiger partial charge is 0.318 e. The second kappa shape index (κ2) is 8.00. The summed E-state index contributed by atoms with van der Waals surface area (Å²) in [6.45, 7) is 2.42.